The number of methoxy groups -OCH3 is 1. The summed E-state index contributed by atoms with van der Waals surface area (Å²) in [6.07, 6.45) is 4.00. The van der Waals surface area contributed by atoms with Gasteiger partial charge in [0.1, 0.15) is 0 Å². The van der Waals surface area contributed by atoms with Crippen LogP contribution >= 0.6 is 11.6 Å². The summed E-state index contributed by atoms with van der Waals surface area (Å²) < 4.78 is 4.88. The Balaban J connectivity index is 1.60. The lowest BCUT2D eigenvalue weighted by atomic mass is 9.73. The lowest BCUT2D eigenvalue weighted by molar-refractivity contribution is 0.0816. The Bertz CT molecular complexity index is 910. The Morgan fingerprint density at radius 1 is 1.14 bits per heavy atom. The molecular formula is C21H22ClN3O3. The van der Waals surface area contributed by atoms with Crippen molar-refractivity contribution in [3.63, 3.8) is 0 Å². The molecule has 1 saturated carbocycles. The fraction of sp³-hybridized carbons (Fsp3) is 0.381. The summed E-state index contributed by atoms with van der Waals surface area (Å²) in [6.45, 7) is 0.624. The number of carbonyl (C=O) groups excluding carboxylic acids is 2. The van der Waals surface area contributed by atoms with Crippen molar-refractivity contribution in [3.8, 4) is 0 Å². The molecule has 1 N–H and O–H groups in total. The van der Waals surface area contributed by atoms with Crippen molar-refractivity contribution in [2.45, 2.75) is 37.6 Å². The molecule has 4 rings (SSSR count). The van der Waals surface area contributed by atoms with Gasteiger partial charge in [0, 0.05) is 17.1 Å². The Morgan fingerprint density at radius 3 is 2.54 bits per heavy atom. The Kier molecular flexibility index (Phi) is 4.98. The Hall–Kier alpha value is -2.60. The van der Waals surface area contributed by atoms with Crippen LogP contribution in [0.3, 0.4) is 0 Å². The zero-order valence-electron chi connectivity index (χ0n) is 15.7. The number of aromatic nitrogens is 1. The number of hydrogen-bond donors (Lipinski definition) is 1. The highest BCUT2D eigenvalue weighted by Gasteiger charge is 2.42. The van der Waals surface area contributed by atoms with Gasteiger partial charge in [-0.2, -0.15) is 0 Å². The molecule has 0 saturated heterocycles. The molecule has 1 aromatic heterocycles. The van der Waals surface area contributed by atoms with E-state index in [1.807, 2.05) is 12.1 Å². The fourth-order valence-electron chi connectivity index (χ4n) is 3.88. The Morgan fingerprint density at radius 2 is 1.89 bits per heavy atom. The number of rotatable bonds is 3. The fourth-order valence-corrected chi connectivity index (χ4v) is 4.01. The lowest BCUT2D eigenvalue weighted by Gasteiger charge is -2.42. The van der Waals surface area contributed by atoms with Crippen molar-refractivity contribution >= 4 is 29.3 Å². The van der Waals surface area contributed by atoms with Gasteiger partial charge in [0.2, 0.25) is 0 Å². The second-order valence-corrected chi connectivity index (χ2v) is 7.72. The number of ether oxygens (including phenoxy) is 1. The number of fused-ring (bicyclic) bond motifs is 1. The first-order chi connectivity index (χ1) is 13.5. The highest BCUT2D eigenvalue weighted by atomic mass is 35.5. The second kappa shape index (κ2) is 7.43. The molecule has 2 heterocycles. The van der Waals surface area contributed by atoms with Crippen LogP contribution in [0.4, 0.5) is 10.5 Å². The second-order valence-electron chi connectivity index (χ2n) is 7.28. The van der Waals surface area contributed by atoms with E-state index in [9.17, 15) is 9.59 Å². The third-order valence-electron chi connectivity index (χ3n) is 5.59. The predicted molar refractivity (Wildman–Crippen MR) is 107 cm³/mol. The van der Waals surface area contributed by atoms with E-state index in [4.69, 9.17) is 21.3 Å². The van der Waals surface area contributed by atoms with Gasteiger partial charge in [0.25, 0.3) is 5.91 Å². The van der Waals surface area contributed by atoms with E-state index in [-0.39, 0.29) is 12.0 Å². The first kappa shape index (κ1) is 18.7. The van der Waals surface area contributed by atoms with E-state index >= 15 is 0 Å². The van der Waals surface area contributed by atoms with E-state index in [1.54, 1.807) is 29.2 Å². The van der Waals surface area contributed by atoms with E-state index in [0.29, 0.717) is 17.1 Å². The summed E-state index contributed by atoms with van der Waals surface area (Å²) in [7, 11) is 1.38. The topological polar surface area (TPSA) is 71.5 Å². The van der Waals surface area contributed by atoms with Crippen LogP contribution in [0.2, 0.25) is 5.02 Å². The quantitative estimate of drug-likeness (QED) is 0.844. The number of nitrogens with one attached hydrogen (secondary N) is 1. The summed E-state index contributed by atoms with van der Waals surface area (Å²) in [5.74, 6) is -0.132. The van der Waals surface area contributed by atoms with Gasteiger partial charge in [-0.3, -0.25) is 14.7 Å². The molecule has 1 aliphatic heterocycles. The molecule has 2 aromatic rings. The summed E-state index contributed by atoms with van der Waals surface area (Å²) in [5, 5.41) is 3.78. The van der Waals surface area contributed by atoms with Crippen LogP contribution in [-0.4, -0.2) is 30.6 Å². The third-order valence-corrected chi connectivity index (χ3v) is 5.84. The SMILES string of the molecule is COC(=O)N1CCCc2nc(C3(NC(=O)c4ccc(Cl)cc4)CCC3)ccc21. The molecule has 0 atom stereocenters. The minimum absolute atomic E-state index is 0.132. The predicted octanol–water partition coefficient (Wildman–Crippen LogP) is 4.06. The van der Waals surface area contributed by atoms with Crippen molar-refractivity contribution in [2.24, 2.45) is 0 Å². The maximum Gasteiger partial charge on any atom is 0.414 e. The molecular weight excluding hydrogens is 378 g/mol. The van der Waals surface area contributed by atoms with E-state index < -0.39 is 5.54 Å². The minimum atomic E-state index is -0.459. The molecule has 28 heavy (non-hydrogen) atoms. The molecule has 0 bridgehead atoms. The number of amides is 2. The zero-order valence-corrected chi connectivity index (χ0v) is 16.5. The number of anilines is 1. The molecule has 0 unspecified atom stereocenters. The molecule has 146 valence electrons. The standard InChI is InChI=1S/C21H22ClN3O3/c1-28-20(27)25-13-2-4-16-17(25)9-10-18(23-16)21(11-3-12-21)24-19(26)14-5-7-15(22)8-6-14/h5-10H,2-4,11-13H2,1H3,(H,24,26). The maximum absolute atomic E-state index is 12.8. The molecule has 0 radical (unpaired) electrons. The average molecular weight is 400 g/mol. The number of nitrogens with zero attached hydrogens (tertiary/aromatic N) is 2. The minimum Gasteiger partial charge on any atom is -0.452 e. The van der Waals surface area contributed by atoms with Gasteiger partial charge < -0.3 is 10.1 Å². The van der Waals surface area contributed by atoms with E-state index in [0.717, 1.165) is 49.2 Å². The lowest BCUT2D eigenvalue weighted by Crippen LogP contribution is -2.51. The normalized spacial score (nSPS) is 17.3. The third kappa shape index (κ3) is 3.33. The van der Waals surface area contributed by atoms with Crippen LogP contribution in [0.15, 0.2) is 36.4 Å². The molecule has 2 amide bonds. The summed E-state index contributed by atoms with van der Waals surface area (Å²) in [5.41, 5.74) is 2.64. The van der Waals surface area contributed by atoms with Crippen LogP contribution in [0.1, 0.15) is 47.4 Å². The van der Waals surface area contributed by atoms with Gasteiger partial charge in [0.15, 0.2) is 0 Å². The number of carbonyl (C=O) groups is 2. The zero-order chi connectivity index (χ0) is 19.7. The van der Waals surface area contributed by atoms with Gasteiger partial charge in [-0.1, -0.05) is 11.6 Å². The molecule has 1 aliphatic carbocycles. The highest BCUT2D eigenvalue weighted by molar-refractivity contribution is 6.30. The monoisotopic (exact) mass is 399 g/mol. The van der Waals surface area contributed by atoms with Crippen LogP contribution in [0.25, 0.3) is 0 Å². The number of halogens is 1. The van der Waals surface area contributed by atoms with Crippen molar-refractivity contribution in [3.05, 3.63) is 58.4 Å². The first-order valence-electron chi connectivity index (χ1n) is 9.46. The van der Waals surface area contributed by atoms with Gasteiger partial charge in [-0.25, -0.2) is 4.79 Å². The first-order valence-corrected chi connectivity index (χ1v) is 9.84. The number of aryl methyl sites for hydroxylation is 1. The van der Waals surface area contributed by atoms with Crippen molar-refractivity contribution in [1.29, 1.82) is 0 Å². The largest absolute Gasteiger partial charge is 0.452 e. The molecule has 7 heteroatoms. The molecule has 2 aliphatic rings. The number of benzene rings is 1. The van der Waals surface area contributed by atoms with Crippen molar-refractivity contribution < 1.29 is 14.3 Å². The Labute approximate surface area is 168 Å². The maximum atomic E-state index is 12.8. The summed E-state index contributed by atoms with van der Waals surface area (Å²) in [6, 6.07) is 10.7. The van der Waals surface area contributed by atoms with Crippen molar-refractivity contribution in [2.75, 3.05) is 18.6 Å². The van der Waals surface area contributed by atoms with Crippen molar-refractivity contribution in [1.82, 2.24) is 10.3 Å². The number of pyridine rings is 1. The number of hydrogen-bond acceptors (Lipinski definition) is 4. The van der Waals surface area contributed by atoms with E-state index in [1.165, 1.54) is 7.11 Å². The van der Waals surface area contributed by atoms with Crippen LogP contribution in [0, 0.1) is 0 Å². The van der Waals surface area contributed by atoms with Gasteiger partial charge in [-0.15, -0.1) is 0 Å². The van der Waals surface area contributed by atoms with Crippen LogP contribution in [-0.2, 0) is 16.7 Å². The summed E-state index contributed by atoms with van der Waals surface area (Å²) >= 11 is 5.92. The molecule has 1 fully saturated rings. The smallest absolute Gasteiger partial charge is 0.414 e. The van der Waals surface area contributed by atoms with Gasteiger partial charge >= 0.3 is 6.09 Å². The van der Waals surface area contributed by atoms with Crippen LogP contribution < -0.4 is 10.2 Å². The molecule has 0 spiro atoms. The van der Waals surface area contributed by atoms with Gasteiger partial charge in [-0.05, 0) is 68.5 Å². The summed E-state index contributed by atoms with van der Waals surface area (Å²) in [4.78, 5) is 31.2. The molecule has 1 aromatic carbocycles. The van der Waals surface area contributed by atoms with Gasteiger partial charge in [0.05, 0.1) is 29.7 Å². The van der Waals surface area contributed by atoms with E-state index in [2.05, 4.69) is 5.32 Å². The average Bonchev–Trinajstić information content (AvgIpc) is 2.69. The van der Waals surface area contributed by atoms with Crippen LogP contribution in [0.5, 0.6) is 0 Å². The molecule has 6 nitrogen and oxygen atoms in total. The highest BCUT2D eigenvalue weighted by Crippen LogP contribution is 2.42.